The van der Waals surface area contributed by atoms with E-state index in [4.69, 9.17) is 0 Å². The summed E-state index contributed by atoms with van der Waals surface area (Å²) in [5.74, 6) is -2.39. The van der Waals surface area contributed by atoms with Crippen LogP contribution in [-0.2, 0) is 0 Å². The number of hydrogen-bond acceptors (Lipinski definition) is 8. The van der Waals surface area contributed by atoms with E-state index in [-0.39, 0.29) is 34.0 Å². The minimum atomic E-state index is -1.16. The minimum absolute atomic E-state index is 0.0381. The number of aromatic nitrogens is 2. The Morgan fingerprint density at radius 1 is 0.667 bits per heavy atom. The molecule has 10 heteroatoms. The summed E-state index contributed by atoms with van der Waals surface area (Å²) < 4.78 is 0. The lowest BCUT2D eigenvalue weighted by atomic mass is 10.2. The fourth-order valence-corrected chi connectivity index (χ4v) is 3.13. The number of nitrogens with zero attached hydrogens (tertiary/aromatic N) is 4. The average molecular weight is 482 g/mol. The molecule has 0 radical (unpaired) electrons. The maximum absolute atomic E-state index is 11.2. The lowest BCUT2D eigenvalue weighted by molar-refractivity contribution is 0.0686. The van der Waals surface area contributed by atoms with E-state index in [0.717, 1.165) is 0 Å². The maximum Gasteiger partial charge on any atom is 0.335 e. The van der Waals surface area contributed by atoms with E-state index in [1.54, 1.807) is 0 Å². The molecule has 3 aromatic carbocycles. The van der Waals surface area contributed by atoms with Gasteiger partial charge < -0.3 is 20.4 Å². The van der Waals surface area contributed by atoms with E-state index in [1.165, 1.54) is 54.9 Å². The number of rotatable bonds is 7. The first-order valence-electron chi connectivity index (χ1n) is 10.5. The van der Waals surface area contributed by atoms with Gasteiger partial charge in [0.05, 0.1) is 34.9 Å². The second-order valence-corrected chi connectivity index (χ2v) is 7.44. The lowest BCUT2D eigenvalue weighted by Gasteiger charge is -2.05. The van der Waals surface area contributed by atoms with Gasteiger partial charge in [-0.05, 0) is 42.5 Å². The van der Waals surface area contributed by atoms with Gasteiger partial charge in [0.25, 0.3) is 0 Å². The van der Waals surface area contributed by atoms with E-state index in [0.29, 0.717) is 22.8 Å². The third kappa shape index (κ3) is 5.57. The van der Waals surface area contributed by atoms with Crippen molar-refractivity contribution in [3.05, 3.63) is 95.3 Å². The predicted molar refractivity (Wildman–Crippen MR) is 132 cm³/mol. The van der Waals surface area contributed by atoms with Crippen LogP contribution in [-0.4, -0.2) is 54.8 Å². The normalized spacial score (nSPS) is 11.2. The van der Waals surface area contributed by atoms with Crippen LogP contribution in [0.5, 0.6) is 11.5 Å². The molecule has 0 amide bonds. The molecule has 0 aliphatic rings. The smallest absolute Gasteiger partial charge is 0.335 e. The maximum atomic E-state index is 11.2. The van der Waals surface area contributed by atoms with Gasteiger partial charge in [0, 0.05) is 5.56 Å². The Balaban J connectivity index is 1.75. The molecule has 4 N–H and O–H groups in total. The van der Waals surface area contributed by atoms with Crippen LogP contribution < -0.4 is 0 Å². The first kappa shape index (κ1) is 23.8. The van der Waals surface area contributed by atoms with Gasteiger partial charge in [-0.15, -0.1) is 0 Å². The fourth-order valence-electron chi connectivity index (χ4n) is 3.13. The first-order valence-corrected chi connectivity index (χ1v) is 10.5. The highest BCUT2D eigenvalue weighted by Gasteiger charge is 2.10. The van der Waals surface area contributed by atoms with Crippen molar-refractivity contribution in [1.29, 1.82) is 0 Å². The van der Waals surface area contributed by atoms with Crippen LogP contribution in [0.4, 0.5) is 11.4 Å². The van der Waals surface area contributed by atoms with Crippen molar-refractivity contribution in [3.63, 3.8) is 0 Å². The molecule has 0 unspecified atom stereocenters. The van der Waals surface area contributed by atoms with Crippen LogP contribution in [0.15, 0.2) is 82.8 Å². The summed E-state index contributed by atoms with van der Waals surface area (Å²) in [4.78, 5) is 39.8. The van der Waals surface area contributed by atoms with E-state index >= 15 is 0 Å². The molecule has 0 spiro atoms. The zero-order chi connectivity index (χ0) is 25.7. The van der Waals surface area contributed by atoms with Crippen LogP contribution in [0.1, 0.15) is 32.1 Å². The standard InChI is InChI=1S/C26H18N4O6/c31-22-8-6-16(25(33)34)10-20(22)27-13-18-12-19(30-24(29-18)15-4-2-1-3-5-15)14-28-21-11-17(26(35)36)7-9-23(21)32/h1-14,31-32H,(H,33,34)(H,35,36). The van der Waals surface area contributed by atoms with Crippen molar-refractivity contribution in [2.24, 2.45) is 9.98 Å². The Morgan fingerprint density at radius 3 is 1.58 bits per heavy atom. The third-order valence-electron chi connectivity index (χ3n) is 4.91. The number of benzene rings is 3. The largest absolute Gasteiger partial charge is 0.506 e. The molecular weight excluding hydrogens is 464 g/mol. The molecule has 0 saturated heterocycles. The number of aliphatic imine (C=N–C) groups is 2. The summed E-state index contributed by atoms with van der Waals surface area (Å²) in [6.45, 7) is 0. The SMILES string of the molecule is O=C(O)c1ccc(O)c(N=Cc2cc(C=Nc3cc(C(=O)O)ccc3O)nc(-c3ccccc3)n2)c1. The Kier molecular flexibility index (Phi) is 6.78. The number of phenols is 2. The van der Waals surface area contributed by atoms with E-state index < -0.39 is 11.9 Å². The molecule has 0 aliphatic heterocycles. The summed E-state index contributed by atoms with van der Waals surface area (Å²) in [6, 6.07) is 18.1. The molecule has 0 atom stereocenters. The average Bonchev–Trinajstić information content (AvgIpc) is 2.88. The highest BCUT2D eigenvalue weighted by molar-refractivity contribution is 5.92. The highest BCUT2D eigenvalue weighted by atomic mass is 16.4. The summed E-state index contributed by atoms with van der Waals surface area (Å²) in [7, 11) is 0. The van der Waals surface area contributed by atoms with Gasteiger partial charge in [-0.1, -0.05) is 30.3 Å². The summed E-state index contributed by atoms with van der Waals surface area (Å²) in [5, 5.41) is 38.5. The quantitative estimate of drug-likeness (QED) is 0.280. The second kappa shape index (κ2) is 10.3. The number of aromatic carboxylic acids is 2. The molecule has 0 saturated carbocycles. The van der Waals surface area contributed by atoms with Crippen molar-refractivity contribution in [3.8, 4) is 22.9 Å². The van der Waals surface area contributed by atoms with Gasteiger partial charge in [0.1, 0.15) is 22.9 Å². The molecule has 10 nitrogen and oxygen atoms in total. The molecule has 0 aliphatic carbocycles. The number of phenolic OH excluding ortho intramolecular Hbond substituents is 2. The van der Waals surface area contributed by atoms with Gasteiger partial charge in [-0.25, -0.2) is 19.6 Å². The summed E-state index contributed by atoms with van der Waals surface area (Å²) in [6.07, 6.45) is 2.68. The molecule has 4 aromatic rings. The first-order chi connectivity index (χ1) is 17.3. The van der Waals surface area contributed by atoms with Gasteiger partial charge >= 0.3 is 11.9 Å². The van der Waals surface area contributed by atoms with Crippen LogP contribution in [0.3, 0.4) is 0 Å². The molecule has 0 bridgehead atoms. The highest BCUT2D eigenvalue weighted by Crippen LogP contribution is 2.28. The molecule has 1 aromatic heterocycles. The van der Waals surface area contributed by atoms with Crippen molar-refractivity contribution >= 4 is 35.7 Å². The van der Waals surface area contributed by atoms with E-state index in [1.807, 2.05) is 30.3 Å². The lowest BCUT2D eigenvalue weighted by Crippen LogP contribution is -2.00. The number of carboxylic acids is 2. The number of carboxylic acid groups (broad SMARTS) is 2. The van der Waals surface area contributed by atoms with Crippen LogP contribution in [0.2, 0.25) is 0 Å². The van der Waals surface area contributed by atoms with E-state index in [2.05, 4.69) is 20.0 Å². The van der Waals surface area contributed by atoms with Crippen molar-refractivity contribution in [2.75, 3.05) is 0 Å². The molecule has 36 heavy (non-hydrogen) atoms. The van der Waals surface area contributed by atoms with Crippen molar-refractivity contribution in [1.82, 2.24) is 9.97 Å². The second-order valence-electron chi connectivity index (χ2n) is 7.44. The van der Waals surface area contributed by atoms with Crippen molar-refractivity contribution < 1.29 is 30.0 Å². The van der Waals surface area contributed by atoms with Gasteiger partial charge in [-0.2, -0.15) is 0 Å². The number of aromatic hydroxyl groups is 2. The molecule has 4 rings (SSSR count). The molecular formula is C26H18N4O6. The van der Waals surface area contributed by atoms with Crippen molar-refractivity contribution in [2.45, 2.75) is 0 Å². The third-order valence-corrected chi connectivity index (χ3v) is 4.91. The minimum Gasteiger partial charge on any atom is -0.506 e. The Morgan fingerprint density at radius 2 is 1.14 bits per heavy atom. The molecule has 0 fully saturated rings. The molecule has 1 heterocycles. The van der Waals surface area contributed by atoms with E-state index in [9.17, 15) is 30.0 Å². The number of hydrogen-bond donors (Lipinski definition) is 4. The number of carbonyl (C=O) groups is 2. The Labute approximate surface area is 204 Å². The fraction of sp³-hybridized carbons (Fsp3) is 0. The topological polar surface area (TPSA) is 166 Å². The monoisotopic (exact) mass is 482 g/mol. The molecule has 178 valence electrons. The summed E-state index contributed by atoms with van der Waals surface area (Å²) in [5.41, 5.74) is 1.37. The van der Waals surface area contributed by atoms with Gasteiger partial charge in [0.15, 0.2) is 5.82 Å². The van der Waals surface area contributed by atoms with Crippen LogP contribution in [0, 0.1) is 0 Å². The van der Waals surface area contributed by atoms with Gasteiger partial charge in [-0.3, -0.25) is 9.98 Å². The van der Waals surface area contributed by atoms with Gasteiger partial charge in [0.2, 0.25) is 0 Å². The zero-order valence-corrected chi connectivity index (χ0v) is 18.5. The van der Waals surface area contributed by atoms with Crippen LogP contribution in [0.25, 0.3) is 11.4 Å². The van der Waals surface area contributed by atoms with Crippen LogP contribution >= 0.6 is 0 Å². The Bertz CT molecular complexity index is 1420. The zero-order valence-electron chi connectivity index (χ0n) is 18.5. The summed E-state index contributed by atoms with van der Waals surface area (Å²) >= 11 is 0. The predicted octanol–water partition coefficient (Wildman–Crippen LogP) is 4.45. The Hall–Kier alpha value is -5.38.